The van der Waals surface area contributed by atoms with Gasteiger partial charge in [-0.25, -0.2) is 0 Å². The number of ether oxygens (including phenoxy) is 1. The summed E-state index contributed by atoms with van der Waals surface area (Å²) in [5.74, 6) is 0.545. The summed E-state index contributed by atoms with van der Waals surface area (Å²) in [6, 6.07) is 0. The second-order valence-corrected chi connectivity index (χ2v) is 5.58. The largest absolute Gasteiger partial charge is 0.380 e. The number of hydrogen-bond donors (Lipinski definition) is 2. The third-order valence-electron chi connectivity index (χ3n) is 3.66. The van der Waals surface area contributed by atoms with Crippen LogP contribution in [0.15, 0.2) is 0 Å². The summed E-state index contributed by atoms with van der Waals surface area (Å²) in [5.41, 5.74) is 5.55. The minimum atomic E-state index is -0.652. The van der Waals surface area contributed by atoms with Crippen LogP contribution in [-0.2, 0) is 9.53 Å². The van der Waals surface area contributed by atoms with E-state index >= 15 is 0 Å². The summed E-state index contributed by atoms with van der Waals surface area (Å²) in [5, 5.41) is 2.90. The van der Waals surface area contributed by atoms with E-state index in [-0.39, 0.29) is 5.91 Å². The molecule has 2 unspecified atom stereocenters. The molecule has 2 atom stereocenters. The number of rotatable bonds is 7. The van der Waals surface area contributed by atoms with Gasteiger partial charge in [0.05, 0.1) is 12.1 Å². The summed E-state index contributed by atoms with van der Waals surface area (Å²) < 4.78 is 5.41. The monoisotopic (exact) mass is 256 g/mol. The van der Waals surface area contributed by atoms with Crippen molar-refractivity contribution in [1.82, 2.24) is 5.32 Å². The highest BCUT2D eigenvalue weighted by Crippen LogP contribution is 2.30. The zero-order valence-corrected chi connectivity index (χ0v) is 11.8. The highest BCUT2D eigenvalue weighted by molar-refractivity contribution is 5.86. The fourth-order valence-electron chi connectivity index (χ4n) is 2.56. The number of hydrogen-bond acceptors (Lipinski definition) is 3. The van der Waals surface area contributed by atoms with Gasteiger partial charge in [-0.2, -0.15) is 0 Å². The Morgan fingerprint density at radius 3 is 2.94 bits per heavy atom. The molecule has 0 saturated heterocycles. The van der Waals surface area contributed by atoms with Crippen molar-refractivity contribution in [2.75, 3.05) is 19.8 Å². The van der Waals surface area contributed by atoms with Gasteiger partial charge in [0.2, 0.25) is 5.91 Å². The van der Waals surface area contributed by atoms with Crippen LogP contribution >= 0.6 is 0 Å². The van der Waals surface area contributed by atoms with Crippen molar-refractivity contribution in [2.45, 2.75) is 57.9 Å². The van der Waals surface area contributed by atoms with Gasteiger partial charge < -0.3 is 15.8 Å². The average molecular weight is 256 g/mol. The number of amides is 1. The molecule has 0 spiro atoms. The van der Waals surface area contributed by atoms with Crippen molar-refractivity contribution in [2.24, 2.45) is 11.7 Å². The van der Waals surface area contributed by atoms with Crippen LogP contribution in [0.5, 0.6) is 0 Å². The molecule has 0 aromatic heterocycles. The molecule has 4 heteroatoms. The van der Waals surface area contributed by atoms with Crippen molar-refractivity contribution in [3.05, 3.63) is 0 Å². The molecular formula is C14H28N2O2. The quantitative estimate of drug-likeness (QED) is 0.683. The molecule has 0 aliphatic heterocycles. The van der Waals surface area contributed by atoms with E-state index in [0.717, 1.165) is 38.7 Å². The summed E-state index contributed by atoms with van der Waals surface area (Å²) in [7, 11) is 0. The Hall–Kier alpha value is -0.610. The fourth-order valence-corrected chi connectivity index (χ4v) is 2.56. The summed E-state index contributed by atoms with van der Waals surface area (Å²) in [4.78, 5) is 12.1. The van der Waals surface area contributed by atoms with Gasteiger partial charge in [0, 0.05) is 13.2 Å². The molecule has 1 aliphatic rings. The lowest BCUT2D eigenvalue weighted by molar-refractivity contribution is -0.128. The maximum atomic E-state index is 12.1. The molecule has 0 heterocycles. The number of carbonyl (C=O) groups is 1. The second-order valence-electron chi connectivity index (χ2n) is 5.58. The van der Waals surface area contributed by atoms with Crippen LogP contribution in [0.4, 0.5) is 0 Å². The van der Waals surface area contributed by atoms with Gasteiger partial charge in [0.1, 0.15) is 0 Å². The highest BCUT2D eigenvalue weighted by Gasteiger charge is 2.37. The van der Waals surface area contributed by atoms with Gasteiger partial charge in [-0.3, -0.25) is 4.79 Å². The van der Waals surface area contributed by atoms with Crippen molar-refractivity contribution >= 4 is 5.91 Å². The molecule has 1 saturated carbocycles. The first-order valence-corrected chi connectivity index (χ1v) is 7.23. The minimum Gasteiger partial charge on any atom is -0.380 e. The van der Waals surface area contributed by atoms with Gasteiger partial charge in [0.25, 0.3) is 0 Å². The Kier molecular flexibility index (Phi) is 6.65. The predicted octanol–water partition coefficient (Wildman–Crippen LogP) is 1.83. The normalized spacial score (nSPS) is 28.1. The topological polar surface area (TPSA) is 64.3 Å². The van der Waals surface area contributed by atoms with Gasteiger partial charge >= 0.3 is 0 Å². The van der Waals surface area contributed by atoms with Crippen LogP contribution in [0.1, 0.15) is 52.4 Å². The van der Waals surface area contributed by atoms with Crippen LogP contribution < -0.4 is 11.1 Å². The Morgan fingerprint density at radius 1 is 1.50 bits per heavy atom. The molecule has 106 valence electrons. The Balaban J connectivity index is 2.19. The highest BCUT2D eigenvalue weighted by atomic mass is 16.5. The number of carbonyl (C=O) groups excluding carboxylic acids is 1. The van der Waals surface area contributed by atoms with Gasteiger partial charge in [-0.05, 0) is 25.2 Å². The SMILES string of the molecule is CCCCOCCNC(=O)C1(N)CCCC(C)C1. The van der Waals surface area contributed by atoms with Crippen LogP contribution in [-0.4, -0.2) is 31.2 Å². The van der Waals surface area contributed by atoms with Crippen molar-refractivity contribution in [3.63, 3.8) is 0 Å². The number of nitrogens with two attached hydrogens (primary N) is 1. The van der Waals surface area contributed by atoms with Crippen molar-refractivity contribution in [1.29, 1.82) is 0 Å². The predicted molar refractivity (Wildman–Crippen MR) is 73.3 cm³/mol. The van der Waals surface area contributed by atoms with Crippen LogP contribution in [0.2, 0.25) is 0 Å². The Morgan fingerprint density at radius 2 is 2.28 bits per heavy atom. The first-order chi connectivity index (χ1) is 8.58. The third-order valence-corrected chi connectivity index (χ3v) is 3.66. The van der Waals surface area contributed by atoms with Crippen LogP contribution in [0.3, 0.4) is 0 Å². The van der Waals surface area contributed by atoms with Crippen molar-refractivity contribution in [3.8, 4) is 0 Å². The Labute approximate surface area is 111 Å². The second kappa shape index (κ2) is 7.74. The molecule has 4 nitrogen and oxygen atoms in total. The standard InChI is InChI=1S/C14H28N2O2/c1-3-4-9-18-10-8-16-13(17)14(15)7-5-6-12(2)11-14/h12H,3-11,15H2,1-2H3,(H,16,17). The van der Waals surface area contributed by atoms with Crippen LogP contribution in [0, 0.1) is 5.92 Å². The summed E-state index contributed by atoms with van der Waals surface area (Å²) in [6.45, 7) is 6.22. The average Bonchev–Trinajstić information content (AvgIpc) is 2.33. The summed E-state index contributed by atoms with van der Waals surface area (Å²) >= 11 is 0. The molecule has 1 aliphatic carbocycles. The molecule has 1 amide bonds. The molecular weight excluding hydrogens is 228 g/mol. The van der Waals surface area contributed by atoms with Crippen molar-refractivity contribution < 1.29 is 9.53 Å². The van der Waals surface area contributed by atoms with E-state index in [1.807, 2.05) is 0 Å². The van der Waals surface area contributed by atoms with E-state index < -0.39 is 5.54 Å². The molecule has 0 radical (unpaired) electrons. The maximum absolute atomic E-state index is 12.1. The fraction of sp³-hybridized carbons (Fsp3) is 0.929. The first-order valence-electron chi connectivity index (χ1n) is 7.23. The van der Waals surface area contributed by atoms with Gasteiger partial charge in [-0.1, -0.05) is 33.1 Å². The molecule has 18 heavy (non-hydrogen) atoms. The number of nitrogens with one attached hydrogen (secondary N) is 1. The molecule has 1 fully saturated rings. The Bertz CT molecular complexity index is 258. The lowest BCUT2D eigenvalue weighted by Crippen LogP contribution is -2.56. The van der Waals surface area contributed by atoms with Gasteiger partial charge in [-0.15, -0.1) is 0 Å². The molecule has 0 aromatic rings. The van der Waals surface area contributed by atoms with E-state index in [4.69, 9.17) is 10.5 Å². The summed E-state index contributed by atoms with van der Waals surface area (Å²) in [6.07, 6.45) is 6.06. The van der Waals surface area contributed by atoms with Gasteiger partial charge in [0.15, 0.2) is 0 Å². The smallest absolute Gasteiger partial charge is 0.240 e. The van der Waals surface area contributed by atoms with E-state index in [1.165, 1.54) is 6.42 Å². The van der Waals surface area contributed by atoms with E-state index in [9.17, 15) is 4.79 Å². The number of unbranched alkanes of at least 4 members (excludes halogenated alkanes) is 1. The third kappa shape index (κ3) is 4.94. The molecule has 3 N–H and O–H groups in total. The lowest BCUT2D eigenvalue weighted by atomic mass is 9.76. The molecule has 1 rings (SSSR count). The van der Waals surface area contributed by atoms with E-state index in [2.05, 4.69) is 19.2 Å². The first kappa shape index (κ1) is 15.4. The lowest BCUT2D eigenvalue weighted by Gasteiger charge is -2.35. The zero-order valence-electron chi connectivity index (χ0n) is 11.8. The van der Waals surface area contributed by atoms with Crippen LogP contribution in [0.25, 0.3) is 0 Å². The van der Waals surface area contributed by atoms with E-state index in [0.29, 0.717) is 19.1 Å². The molecule has 0 aromatic carbocycles. The zero-order chi connectivity index (χ0) is 13.4. The maximum Gasteiger partial charge on any atom is 0.240 e. The molecule has 0 bridgehead atoms. The minimum absolute atomic E-state index is 0.00635. The van der Waals surface area contributed by atoms with E-state index in [1.54, 1.807) is 0 Å².